The first-order valence-corrected chi connectivity index (χ1v) is 9.63. The van der Waals surface area contributed by atoms with E-state index in [0.29, 0.717) is 27.2 Å². The van der Waals surface area contributed by atoms with E-state index in [9.17, 15) is 4.79 Å². The summed E-state index contributed by atoms with van der Waals surface area (Å²) in [5.74, 6) is 0.165. The lowest BCUT2D eigenvalue weighted by molar-refractivity contribution is 0.101. The van der Waals surface area contributed by atoms with Crippen LogP contribution >= 0.6 is 23.2 Å². The summed E-state index contributed by atoms with van der Waals surface area (Å²) in [5.41, 5.74) is 3.10. The molecule has 0 aliphatic heterocycles. The van der Waals surface area contributed by atoms with Gasteiger partial charge >= 0.3 is 0 Å². The minimum atomic E-state index is -0.400. The Morgan fingerprint density at radius 3 is 2.38 bits per heavy atom. The van der Waals surface area contributed by atoms with E-state index in [2.05, 4.69) is 15.4 Å². The second-order valence-electron chi connectivity index (χ2n) is 6.43. The summed E-state index contributed by atoms with van der Waals surface area (Å²) < 4.78 is 1.61. The molecule has 4 aromatic rings. The first-order chi connectivity index (χ1) is 14.0. The molecule has 1 N–H and O–H groups in total. The van der Waals surface area contributed by atoms with E-state index >= 15 is 0 Å². The molecule has 7 heteroatoms. The van der Waals surface area contributed by atoms with Crippen molar-refractivity contribution in [2.75, 3.05) is 5.32 Å². The maximum Gasteiger partial charge on any atom is 0.295 e. The molecule has 1 heterocycles. The standard InChI is InChI=1S/C22H16Cl2N4O/c1-14-7-12-18(13-19(14)24)28-21(15-8-10-16(23)11-9-15)26-20(27-28)22(29)25-17-5-3-2-4-6-17/h2-13H,1H3,(H,25,29). The Labute approximate surface area is 177 Å². The summed E-state index contributed by atoms with van der Waals surface area (Å²) >= 11 is 12.3. The predicted octanol–water partition coefficient (Wildman–Crippen LogP) is 5.80. The molecule has 1 amide bonds. The van der Waals surface area contributed by atoms with Crippen LogP contribution in [0.15, 0.2) is 72.8 Å². The molecule has 3 aromatic carbocycles. The van der Waals surface area contributed by atoms with Crippen molar-refractivity contribution in [2.24, 2.45) is 0 Å². The Morgan fingerprint density at radius 1 is 0.966 bits per heavy atom. The SMILES string of the molecule is Cc1ccc(-n2nc(C(=O)Nc3ccccc3)nc2-c2ccc(Cl)cc2)cc1Cl. The number of halogens is 2. The molecule has 144 valence electrons. The smallest absolute Gasteiger partial charge is 0.295 e. The van der Waals surface area contributed by atoms with E-state index in [1.165, 1.54) is 0 Å². The van der Waals surface area contributed by atoms with Crippen LogP contribution in [0.3, 0.4) is 0 Å². The Kier molecular flexibility index (Phi) is 5.34. The fourth-order valence-corrected chi connectivity index (χ4v) is 3.10. The van der Waals surface area contributed by atoms with Crippen molar-refractivity contribution < 1.29 is 4.79 Å². The van der Waals surface area contributed by atoms with Crippen LogP contribution in [-0.2, 0) is 0 Å². The predicted molar refractivity (Wildman–Crippen MR) is 116 cm³/mol. The highest BCUT2D eigenvalue weighted by Gasteiger charge is 2.19. The fourth-order valence-electron chi connectivity index (χ4n) is 2.80. The molecular weight excluding hydrogens is 407 g/mol. The van der Waals surface area contributed by atoms with Gasteiger partial charge in [-0.2, -0.15) is 0 Å². The van der Waals surface area contributed by atoms with E-state index in [4.69, 9.17) is 23.2 Å². The minimum absolute atomic E-state index is 0.0514. The number of anilines is 1. The Hall–Kier alpha value is -3.15. The lowest BCUT2D eigenvalue weighted by Crippen LogP contribution is -2.14. The first-order valence-electron chi connectivity index (χ1n) is 8.87. The van der Waals surface area contributed by atoms with Crippen LogP contribution in [0.2, 0.25) is 10.0 Å². The number of benzene rings is 3. The highest BCUT2D eigenvalue weighted by molar-refractivity contribution is 6.31. The van der Waals surface area contributed by atoms with Gasteiger partial charge in [0.15, 0.2) is 5.82 Å². The minimum Gasteiger partial charge on any atom is -0.319 e. The third-order valence-corrected chi connectivity index (χ3v) is 5.00. The molecule has 0 fully saturated rings. The Morgan fingerprint density at radius 2 is 1.69 bits per heavy atom. The van der Waals surface area contributed by atoms with Crippen LogP contribution < -0.4 is 5.32 Å². The second kappa shape index (κ2) is 8.07. The van der Waals surface area contributed by atoms with Crippen molar-refractivity contribution in [1.29, 1.82) is 0 Å². The molecule has 0 bridgehead atoms. The van der Waals surface area contributed by atoms with Crippen molar-refractivity contribution in [2.45, 2.75) is 6.92 Å². The molecule has 0 saturated heterocycles. The Balaban J connectivity index is 1.78. The number of carbonyl (C=O) groups is 1. The highest BCUT2D eigenvalue weighted by atomic mass is 35.5. The van der Waals surface area contributed by atoms with Crippen LogP contribution in [0.5, 0.6) is 0 Å². The summed E-state index contributed by atoms with van der Waals surface area (Å²) in [6.45, 7) is 1.92. The number of nitrogens with zero attached hydrogens (tertiary/aromatic N) is 3. The quantitative estimate of drug-likeness (QED) is 0.451. The van der Waals surface area contributed by atoms with E-state index in [1.54, 1.807) is 35.0 Å². The molecule has 1 aromatic heterocycles. The number of carbonyl (C=O) groups excluding carboxylic acids is 1. The van der Waals surface area contributed by atoms with Crippen LogP contribution in [0.1, 0.15) is 16.2 Å². The highest BCUT2D eigenvalue weighted by Crippen LogP contribution is 2.26. The lowest BCUT2D eigenvalue weighted by atomic mass is 10.2. The summed E-state index contributed by atoms with van der Waals surface area (Å²) in [4.78, 5) is 17.2. The molecular formula is C22H16Cl2N4O. The van der Waals surface area contributed by atoms with Crippen LogP contribution in [0.4, 0.5) is 5.69 Å². The molecule has 0 radical (unpaired) electrons. The molecule has 0 aliphatic carbocycles. The average Bonchev–Trinajstić information content (AvgIpc) is 3.17. The number of hydrogen-bond donors (Lipinski definition) is 1. The maximum absolute atomic E-state index is 12.7. The van der Waals surface area contributed by atoms with E-state index in [0.717, 1.165) is 11.1 Å². The Bertz CT molecular complexity index is 1170. The topological polar surface area (TPSA) is 59.8 Å². The normalized spacial score (nSPS) is 10.7. The zero-order valence-corrected chi connectivity index (χ0v) is 16.9. The van der Waals surface area contributed by atoms with Crippen molar-refractivity contribution in [3.63, 3.8) is 0 Å². The van der Waals surface area contributed by atoms with Crippen LogP contribution in [-0.4, -0.2) is 20.7 Å². The molecule has 5 nitrogen and oxygen atoms in total. The van der Waals surface area contributed by atoms with Crippen LogP contribution in [0, 0.1) is 6.92 Å². The molecule has 0 aliphatic rings. The molecule has 0 saturated carbocycles. The summed E-state index contributed by atoms with van der Waals surface area (Å²) in [6.07, 6.45) is 0. The number of rotatable bonds is 4. The summed E-state index contributed by atoms with van der Waals surface area (Å²) in [6, 6.07) is 21.9. The van der Waals surface area contributed by atoms with Crippen LogP contribution in [0.25, 0.3) is 17.1 Å². The van der Waals surface area contributed by atoms with Crippen molar-refractivity contribution in [3.8, 4) is 17.1 Å². The zero-order chi connectivity index (χ0) is 20.4. The van der Waals surface area contributed by atoms with Gasteiger partial charge in [-0.1, -0.05) is 47.5 Å². The average molecular weight is 423 g/mol. The third kappa shape index (κ3) is 4.16. The van der Waals surface area contributed by atoms with Crippen molar-refractivity contribution >= 4 is 34.8 Å². The van der Waals surface area contributed by atoms with Gasteiger partial charge in [0.2, 0.25) is 5.82 Å². The number of amides is 1. The molecule has 0 spiro atoms. The van der Waals surface area contributed by atoms with Gasteiger partial charge in [0.1, 0.15) is 0 Å². The summed E-state index contributed by atoms with van der Waals surface area (Å²) in [5, 5.41) is 8.47. The van der Waals surface area contributed by atoms with E-state index in [-0.39, 0.29) is 5.82 Å². The van der Waals surface area contributed by atoms with E-state index < -0.39 is 5.91 Å². The van der Waals surface area contributed by atoms with Crippen molar-refractivity contribution in [1.82, 2.24) is 14.8 Å². The van der Waals surface area contributed by atoms with Gasteiger partial charge in [0, 0.05) is 21.3 Å². The van der Waals surface area contributed by atoms with E-state index in [1.807, 2.05) is 49.4 Å². The third-order valence-electron chi connectivity index (χ3n) is 4.34. The van der Waals surface area contributed by atoms with Gasteiger partial charge in [0.05, 0.1) is 5.69 Å². The van der Waals surface area contributed by atoms with Gasteiger partial charge in [0.25, 0.3) is 5.91 Å². The number of aromatic nitrogens is 3. The van der Waals surface area contributed by atoms with Gasteiger partial charge in [-0.15, -0.1) is 5.10 Å². The van der Waals surface area contributed by atoms with Gasteiger partial charge in [-0.3, -0.25) is 4.79 Å². The maximum atomic E-state index is 12.7. The lowest BCUT2D eigenvalue weighted by Gasteiger charge is -2.07. The molecule has 4 rings (SSSR count). The monoisotopic (exact) mass is 422 g/mol. The number of para-hydroxylation sites is 1. The van der Waals surface area contributed by atoms with Gasteiger partial charge < -0.3 is 5.32 Å². The molecule has 29 heavy (non-hydrogen) atoms. The summed E-state index contributed by atoms with van der Waals surface area (Å²) in [7, 11) is 0. The second-order valence-corrected chi connectivity index (χ2v) is 7.27. The fraction of sp³-hybridized carbons (Fsp3) is 0.0455. The largest absolute Gasteiger partial charge is 0.319 e. The first kappa shape index (κ1) is 19.2. The number of hydrogen-bond acceptors (Lipinski definition) is 3. The van der Waals surface area contributed by atoms with Crippen molar-refractivity contribution in [3.05, 3.63) is 94.2 Å². The molecule has 0 atom stereocenters. The number of nitrogens with one attached hydrogen (secondary N) is 1. The zero-order valence-electron chi connectivity index (χ0n) is 15.4. The molecule has 0 unspecified atom stereocenters. The number of aryl methyl sites for hydroxylation is 1. The van der Waals surface area contributed by atoms with Gasteiger partial charge in [-0.05, 0) is 61.0 Å². The van der Waals surface area contributed by atoms with Gasteiger partial charge in [-0.25, -0.2) is 9.67 Å².